The number of allylic oxidation sites excluding steroid dienone is 2. The molecule has 5 rings (SSSR count). The summed E-state index contributed by atoms with van der Waals surface area (Å²) in [4.78, 5) is 7.01. The largest absolute Gasteiger partial charge is 0.399 e. The molecule has 0 radical (unpaired) electrons. The van der Waals surface area contributed by atoms with E-state index in [9.17, 15) is 0 Å². The number of likely N-dealkylation sites (tertiary alicyclic amines) is 1. The number of fused-ring (bicyclic) bond motifs is 1. The Morgan fingerprint density at radius 3 is 2.80 bits per heavy atom. The maximum atomic E-state index is 6.11. The summed E-state index contributed by atoms with van der Waals surface area (Å²) in [6.45, 7) is 2.02. The molecule has 6 N–H and O–H groups in total. The zero-order valence-electron chi connectivity index (χ0n) is 17.5. The quantitative estimate of drug-likeness (QED) is 0.619. The summed E-state index contributed by atoms with van der Waals surface area (Å²) in [5.74, 6) is 0.347. The van der Waals surface area contributed by atoms with Crippen molar-refractivity contribution in [1.29, 1.82) is 0 Å². The maximum absolute atomic E-state index is 6.11. The van der Waals surface area contributed by atoms with E-state index in [0.717, 1.165) is 49.1 Å². The molecule has 0 bridgehead atoms. The second-order valence-corrected chi connectivity index (χ2v) is 8.71. The van der Waals surface area contributed by atoms with Gasteiger partial charge in [-0.2, -0.15) is 0 Å². The zero-order valence-corrected chi connectivity index (χ0v) is 17.5. The van der Waals surface area contributed by atoms with Gasteiger partial charge in [-0.25, -0.2) is 4.98 Å². The van der Waals surface area contributed by atoms with Gasteiger partial charge in [-0.3, -0.25) is 10.2 Å². The Kier molecular flexibility index (Phi) is 5.10. The van der Waals surface area contributed by atoms with Crippen molar-refractivity contribution in [2.24, 2.45) is 24.4 Å². The molecule has 1 aromatic heterocycles. The van der Waals surface area contributed by atoms with Crippen molar-refractivity contribution in [2.75, 3.05) is 13.1 Å². The third-order valence-electron chi connectivity index (χ3n) is 6.66. The summed E-state index contributed by atoms with van der Waals surface area (Å²) in [5, 5.41) is 7.49. The Morgan fingerprint density at radius 2 is 2.03 bits per heavy atom. The maximum Gasteiger partial charge on any atom is 0.135 e. The number of nitrogens with one attached hydrogen (secondary N) is 2. The number of nitrogens with zero attached hydrogens (tertiary/aromatic N) is 3. The summed E-state index contributed by atoms with van der Waals surface area (Å²) in [6, 6.07) is 7.06. The smallest absolute Gasteiger partial charge is 0.135 e. The Bertz CT molecular complexity index is 1010. The van der Waals surface area contributed by atoms with Crippen molar-refractivity contribution in [1.82, 2.24) is 25.1 Å². The van der Waals surface area contributed by atoms with Gasteiger partial charge in [0.15, 0.2) is 0 Å². The number of imidazole rings is 1. The van der Waals surface area contributed by atoms with Crippen molar-refractivity contribution < 1.29 is 0 Å². The Morgan fingerprint density at radius 1 is 1.20 bits per heavy atom. The number of benzene rings is 1. The Balaban J connectivity index is 1.46. The lowest BCUT2D eigenvalue weighted by atomic mass is 9.84. The fraction of sp³-hybridized carbons (Fsp3) is 0.435. The molecule has 1 fully saturated rings. The highest BCUT2D eigenvalue weighted by atomic mass is 15.4. The molecule has 3 atom stereocenters. The molecule has 3 heterocycles. The van der Waals surface area contributed by atoms with Crippen LogP contribution in [0, 0.1) is 5.92 Å². The number of aromatic nitrogens is 2. The van der Waals surface area contributed by atoms with Gasteiger partial charge in [-0.05, 0) is 48.6 Å². The molecule has 1 saturated heterocycles. The molecule has 7 nitrogen and oxygen atoms in total. The van der Waals surface area contributed by atoms with Crippen molar-refractivity contribution in [3.05, 3.63) is 60.2 Å². The highest BCUT2D eigenvalue weighted by molar-refractivity contribution is 5.82. The van der Waals surface area contributed by atoms with Crippen LogP contribution in [0.15, 0.2) is 54.7 Å². The first-order valence-electron chi connectivity index (χ1n) is 10.9. The monoisotopic (exact) mass is 405 g/mol. The molecule has 1 aliphatic carbocycles. The molecular weight excluding hydrogens is 374 g/mol. The first-order valence-corrected chi connectivity index (χ1v) is 10.9. The first kappa shape index (κ1) is 19.4. The molecule has 158 valence electrons. The van der Waals surface area contributed by atoms with Gasteiger partial charge in [0, 0.05) is 50.0 Å². The topological polar surface area (TPSA) is 97.2 Å². The number of rotatable bonds is 3. The van der Waals surface area contributed by atoms with Crippen LogP contribution in [0.25, 0.3) is 16.6 Å². The van der Waals surface area contributed by atoms with Gasteiger partial charge in [-0.1, -0.05) is 18.2 Å². The van der Waals surface area contributed by atoms with E-state index in [0.29, 0.717) is 12.0 Å². The second-order valence-electron chi connectivity index (χ2n) is 8.71. The van der Waals surface area contributed by atoms with Crippen LogP contribution in [0.3, 0.4) is 0 Å². The molecule has 0 amide bonds. The molecule has 0 spiro atoms. The van der Waals surface area contributed by atoms with Gasteiger partial charge in [0.2, 0.25) is 0 Å². The minimum absolute atomic E-state index is 0.112. The highest BCUT2D eigenvalue weighted by Gasteiger charge is 2.33. The summed E-state index contributed by atoms with van der Waals surface area (Å²) in [6.07, 6.45) is 13.6. The fourth-order valence-corrected chi connectivity index (χ4v) is 4.79. The summed E-state index contributed by atoms with van der Waals surface area (Å²) >= 11 is 0. The summed E-state index contributed by atoms with van der Waals surface area (Å²) in [5.41, 5.74) is 17.6. The molecule has 3 unspecified atom stereocenters. The molecular formula is C23H31N7. The van der Waals surface area contributed by atoms with E-state index in [1.165, 1.54) is 11.1 Å². The van der Waals surface area contributed by atoms with Crippen molar-refractivity contribution in [3.8, 4) is 0 Å². The van der Waals surface area contributed by atoms with Crippen LogP contribution < -0.4 is 22.1 Å². The molecule has 7 heteroatoms. The normalized spacial score (nSPS) is 28.3. The van der Waals surface area contributed by atoms with Gasteiger partial charge in [0.1, 0.15) is 6.29 Å². The van der Waals surface area contributed by atoms with Crippen molar-refractivity contribution >= 4 is 16.6 Å². The third kappa shape index (κ3) is 3.64. The lowest BCUT2D eigenvalue weighted by molar-refractivity contribution is 0.100. The highest BCUT2D eigenvalue weighted by Crippen LogP contribution is 2.32. The van der Waals surface area contributed by atoms with Crippen LogP contribution in [0.1, 0.15) is 24.8 Å². The van der Waals surface area contributed by atoms with E-state index in [1.54, 1.807) is 0 Å². The second kappa shape index (κ2) is 7.91. The standard InChI is InChI=1S/C23H31N7/c1-29-14-27-20-12-16(4-7-21(20)29)19-13-26-23(30-10-8-18(25)9-11-30)28-22(19)15-2-5-17(24)6-3-15/h2,4-7,12-15,18,22-23,26,28H,3,8-11,24-25H2,1H3. The number of hydrogen-bond acceptors (Lipinski definition) is 6. The van der Waals surface area contributed by atoms with E-state index in [-0.39, 0.29) is 12.3 Å². The molecule has 0 saturated carbocycles. The summed E-state index contributed by atoms with van der Waals surface area (Å²) < 4.78 is 2.05. The fourth-order valence-electron chi connectivity index (χ4n) is 4.79. The van der Waals surface area contributed by atoms with Crippen LogP contribution in [0.2, 0.25) is 0 Å². The van der Waals surface area contributed by atoms with Crippen molar-refractivity contribution in [2.45, 2.75) is 37.6 Å². The van der Waals surface area contributed by atoms with E-state index in [2.05, 4.69) is 61.6 Å². The van der Waals surface area contributed by atoms with E-state index in [1.807, 2.05) is 19.5 Å². The number of aryl methyl sites for hydroxylation is 1. The number of nitrogens with two attached hydrogens (primary N) is 2. The summed E-state index contributed by atoms with van der Waals surface area (Å²) in [7, 11) is 2.03. The molecule has 1 aromatic carbocycles. The van der Waals surface area contributed by atoms with E-state index < -0.39 is 0 Å². The van der Waals surface area contributed by atoms with Crippen LogP contribution >= 0.6 is 0 Å². The van der Waals surface area contributed by atoms with E-state index in [4.69, 9.17) is 11.5 Å². The van der Waals surface area contributed by atoms with Gasteiger partial charge >= 0.3 is 0 Å². The minimum Gasteiger partial charge on any atom is -0.399 e. The Labute approximate surface area is 177 Å². The SMILES string of the molecule is Cn1cnc2cc(C3=CNC(N4CCC(N)CC4)NC3C3C=CC(N)=CC3)ccc21. The molecule has 2 aliphatic heterocycles. The predicted molar refractivity (Wildman–Crippen MR) is 121 cm³/mol. The van der Waals surface area contributed by atoms with Crippen molar-refractivity contribution in [3.63, 3.8) is 0 Å². The number of piperidine rings is 1. The predicted octanol–water partition coefficient (Wildman–Crippen LogP) is 1.60. The van der Waals surface area contributed by atoms with Crippen LogP contribution in [-0.4, -0.2) is 45.9 Å². The van der Waals surface area contributed by atoms with Crippen LogP contribution in [-0.2, 0) is 7.05 Å². The first-order chi connectivity index (χ1) is 14.6. The molecule has 30 heavy (non-hydrogen) atoms. The van der Waals surface area contributed by atoms with Crippen LogP contribution in [0.5, 0.6) is 0 Å². The lowest BCUT2D eigenvalue weighted by Crippen LogP contribution is -2.62. The van der Waals surface area contributed by atoms with Crippen LogP contribution in [0.4, 0.5) is 0 Å². The third-order valence-corrected chi connectivity index (χ3v) is 6.66. The molecule has 2 aromatic rings. The van der Waals surface area contributed by atoms with Gasteiger partial charge < -0.3 is 21.4 Å². The lowest BCUT2D eigenvalue weighted by Gasteiger charge is -2.43. The molecule has 3 aliphatic rings. The number of hydrogen-bond donors (Lipinski definition) is 4. The average molecular weight is 406 g/mol. The average Bonchev–Trinajstić information content (AvgIpc) is 3.14. The van der Waals surface area contributed by atoms with Gasteiger partial charge in [0.05, 0.1) is 17.4 Å². The minimum atomic E-state index is 0.112. The van der Waals surface area contributed by atoms with E-state index >= 15 is 0 Å². The Hall–Kier alpha value is -2.61. The zero-order chi connectivity index (χ0) is 20.7. The van der Waals surface area contributed by atoms with Gasteiger partial charge in [-0.15, -0.1) is 0 Å². The van der Waals surface area contributed by atoms with Gasteiger partial charge in [0.25, 0.3) is 0 Å².